The molecule has 0 radical (unpaired) electrons. The summed E-state index contributed by atoms with van der Waals surface area (Å²) in [5, 5.41) is 12.9. The topological polar surface area (TPSA) is 35.5 Å². The van der Waals surface area contributed by atoms with E-state index in [2.05, 4.69) is 5.32 Å². The predicted octanol–water partition coefficient (Wildman–Crippen LogP) is 2.29. The predicted molar refractivity (Wildman–Crippen MR) is 66.0 cm³/mol. The zero-order valence-electron chi connectivity index (χ0n) is 10.5. The van der Waals surface area contributed by atoms with Gasteiger partial charge < -0.3 is 10.4 Å². The summed E-state index contributed by atoms with van der Waals surface area (Å²) in [4.78, 5) is 1.78. The van der Waals surface area contributed by atoms with Crippen molar-refractivity contribution < 1.29 is 18.3 Å². The van der Waals surface area contributed by atoms with Gasteiger partial charge in [-0.2, -0.15) is 13.2 Å². The summed E-state index contributed by atoms with van der Waals surface area (Å²) in [7, 11) is 0. The summed E-state index contributed by atoms with van der Waals surface area (Å²) in [5.41, 5.74) is 0.349. The number of phenolic OH excluding ortho intramolecular Hbond substituents is 1. The molecule has 1 aromatic rings. The Morgan fingerprint density at radius 3 is 2.42 bits per heavy atom. The second-order valence-electron chi connectivity index (χ2n) is 4.68. The van der Waals surface area contributed by atoms with Gasteiger partial charge in [-0.25, -0.2) is 0 Å². The Hall–Kier alpha value is -1.27. The molecular weight excluding hydrogens is 257 g/mol. The number of benzene rings is 1. The van der Waals surface area contributed by atoms with E-state index in [1.807, 2.05) is 0 Å². The Bertz CT molecular complexity index is 417. The first-order valence-electron chi connectivity index (χ1n) is 6.27. The Balaban J connectivity index is 2.25. The van der Waals surface area contributed by atoms with E-state index < -0.39 is 18.6 Å². The van der Waals surface area contributed by atoms with Crippen molar-refractivity contribution in [2.45, 2.75) is 18.6 Å². The molecule has 1 atom stereocenters. The molecule has 1 aliphatic heterocycles. The summed E-state index contributed by atoms with van der Waals surface area (Å²) in [6.45, 7) is 2.44. The van der Waals surface area contributed by atoms with Crippen LogP contribution in [0.2, 0.25) is 0 Å². The van der Waals surface area contributed by atoms with Crippen LogP contribution < -0.4 is 5.32 Å². The molecule has 0 bridgehead atoms. The maximum atomic E-state index is 12.8. The van der Waals surface area contributed by atoms with Crippen LogP contribution in [0.1, 0.15) is 18.0 Å². The molecule has 1 aromatic carbocycles. The molecule has 106 valence electrons. The lowest BCUT2D eigenvalue weighted by molar-refractivity contribution is -0.148. The van der Waals surface area contributed by atoms with Crippen LogP contribution in [0, 0.1) is 0 Å². The van der Waals surface area contributed by atoms with Gasteiger partial charge in [-0.1, -0.05) is 18.2 Å². The number of phenols is 1. The van der Waals surface area contributed by atoms with Crippen LogP contribution in [0.15, 0.2) is 24.3 Å². The van der Waals surface area contributed by atoms with E-state index in [1.54, 1.807) is 23.1 Å². The molecule has 1 heterocycles. The lowest BCUT2D eigenvalue weighted by Gasteiger charge is -2.35. The fourth-order valence-corrected chi connectivity index (χ4v) is 2.42. The third kappa shape index (κ3) is 3.84. The van der Waals surface area contributed by atoms with Crippen molar-refractivity contribution >= 4 is 0 Å². The van der Waals surface area contributed by atoms with Crippen molar-refractivity contribution in [3.8, 4) is 5.75 Å². The summed E-state index contributed by atoms with van der Waals surface area (Å²) in [5.74, 6) is -0.0738. The molecule has 1 fully saturated rings. The SMILES string of the molecule is Oc1ccccc1[C@H](CC(F)(F)F)N1CCNCC1. The maximum Gasteiger partial charge on any atom is 0.390 e. The first-order valence-corrected chi connectivity index (χ1v) is 6.27. The van der Waals surface area contributed by atoms with E-state index in [-0.39, 0.29) is 5.75 Å². The normalized spacial score (nSPS) is 19.3. The third-order valence-electron chi connectivity index (χ3n) is 3.31. The first-order chi connectivity index (χ1) is 8.97. The van der Waals surface area contributed by atoms with Gasteiger partial charge in [-0.3, -0.25) is 4.90 Å². The molecule has 1 saturated heterocycles. The van der Waals surface area contributed by atoms with Crippen LogP contribution in [0.3, 0.4) is 0 Å². The first kappa shape index (κ1) is 14.1. The van der Waals surface area contributed by atoms with Gasteiger partial charge in [-0.15, -0.1) is 0 Å². The van der Waals surface area contributed by atoms with Crippen LogP contribution in [0.25, 0.3) is 0 Å². The quantitative estimate of drug-likeness (QED) is 0.887. The Labute approximate surface area is 110 Å². The van der Waals surface area contributed by atoms with E-state index in [0.29, 0.717) is 31.7 Å². The average Bonchev–Trinajstić information content (AvgIpc) is 2.37. The zero-order valence-corrected chi connectivity index (χ0v) is 10.5. The number of nitrogens with one attached hydrogen (secondary N) is 1. The van der Waals surface area contributed by atoms with Crippen molar-refractivity contribution in [1.29, 1.82) is 0 Å². The Morgan fingerprint density at radius 1 is 1.21 bits per heavy atom. The van der Waals surface area contributed by atoms with E-state index in [9.17, 15) is 18.3 Å². The number of alkyl halides is 3. The monoisotopic (exact) mass is 274 g/mol. The third-order valence-corrected chi connectivity index (χ3v) is 3.31. The second kappa shape index (κ2) is 5.79. The summed E-state index contributed by atoms with van der Waals surface area (Å²) >= 11 is 0. The molecule has 0 saturated carbocycles. The minimum Gasteiger partial charge on any atom is -0.508 e. The number of rotatable bonds is 3. The molecule has 3 nitrogen and oxygen atoms in total. The second-order valence-corrected chi connectivity index (χ2v) is 4.68. The Morgan fingerprint density at radius 2 is 1.84 bits per heavy atom. The van der Waals surface area contributed by atoms with E-state index >= 15 is 0 Å². The van der Waals surface area contributed by atoms with Gasteiger partial charge in [0.2, 0.25) is 0 Å². The van der Waals surface area contributed by atoms with Gasteiger partial charge in [0.05, 0.1) is 6.42 Å². The van der Waals surface area contributed by atoms with Crippen molar-refractivity contribution in [3.05, 3.63) is 29.8 Å². The van der Waals surface area contributed by atoms with Crippen LogP contribution in [0.5, 0.6) is 5.75 Å². The Kier molecular flexibility index (Phi) is 4.31. The number of para-hydroxylation sites is 1. The molecule has 0 aliphatic carbocycles. The van der Waals surface area contributed by atoms with Crippen LogP contribution in [-0.4, -0.2) is 42.4 Å². The van der Waals surface area contributed by atoms with Gasteiger partial charge in [0, 0.05) is 37.8 Å². The van der Waals surface area contributed by atoms with E-state index in [1.165, 1.54) is 6.07 Å². The highest BCUT2D eigenvalue weighted by Gasteiger charge is 2.36. The van der Waals surface area contributed by atoms with Crippen molar-refractivity contribution in [2.24, 2.45) is 0 Å². The highest BCUT2D eigenvalue weighted by Crippen LogP contribution is 2.37. The minimum atomic E-state index is -4.25. The van der Waals surface area contributed by atoms with Crippen LogP contribution in [-0.2, 0) is 0 Å². The number of nitrogens with zero attached hydrogens (tertiary/aromatic N) is 1. The summed E-state index contributed by atoms with van der Waals surface area (Å²) in [6.07, 6.45) is -5.19. The standard InChI is InChI=1S/C13H17F3N2O/c14-13(15,16)9-11(18-7-5-17-6-8-18)10-3-1-2-4-12(10)19/h1-4,11,17,19H,5-9H2/t11-/m0/s1. The molecule has 0 spiro atoms. The number of halogens is 3. The van der Waals surface area contributed by atoms with Gasteiger partial charge in [0.25, 0.3) is 0 Å². The van der Waals surface area contributed by atoms with Gasteiger partial charge in [-0.05, 0) is 6.07 Å². The van der Waals surface area contributed by atoms with Crippen LogP contribution >= 0.6 is 0 Å². The number of piperazine rings is 1. The molecule has 0 amide bonds. The van der Waals surface area contributed by atoms with Crippen molar-refractivity contribution in [3.63, 3.8) is 0 Å². The molecule has 19 heavy (non-hydrogen) atoms. The minimum absolute atomic E-state index is 0.0738. The van der Waals surface area contributed by atoms with Gasteiger partial charge in [0.1, 0.15) is 5.75 Å². The lowest BCUT2D eigenvalue weighted by atomic mass is 10.00. The fourth-order valence-electron chi connectivity index (χ4n) is 2.42. The number of aromatic hydroxyl groups is 1. The molecule has 0 aromatic heterocycles. The lowest BCUT2D eigenvalue weighted by Crippen LogP contribution is -2.46. The highest BCUT2D eigenvalue weighted by molar-refractivity contribution is 5.34. The molecule has 2 rings (SSSR count). The van der Waals surface area contributed by atoms with E-state index in [0.717, 1.165) is 0 Å². The van der Waals surface area contributed by atoms with Crippen molar-refractivity contribution in [1.82, 2.24) is 10.2 Å². The summed E-state index contributed by atoms with van der Waals surface area (Å²) < 4.78 is 38.3. The van der Waals surface area contributed by atoms with Gasteiger partial charge in [0.15, 0.2) is 0 Å². The molecule has 0 unspecified atom stereocenters. The smallest absolute Gasteiger partial charge is 0.390 e. The fraction of sp³-hybridized carbons (Fsp3) is 0.538. The zero-order chi connectivity index (χ0) is 13.9. The van der Waals surface area contributed by atoms with Crippen molar-refractivity contribution in [2.75, 3.05) is 26.2 Å². The van der Waals surface area contributed by atoms with E-state index in [4.69, 9.17) is 0 Å². The molecule has 6 heteroatoms. The van der Waals surface area contributed by atoms with Gasteiger partial charge >= 0.3 is 6.18 Å². The largest absolute Gasteiger partial charge is 0.508 e. The maximum absolute atomic E-state index is 12.8. The molecular formula is C13H17F3N2O. The average molecular weight is 274 g/mol. The summed E-state index contributed by atoms with van der Waals surface area (Å²) in [6, 6.07) is 5.44. The number of hydrogen-bond acceptors (Lipinski definition) is 3. The highest BCUT2D eigenvalue weighted by atomic mass is 19.4. The van der Waals surface area contributed by atoms with Crippen LogP contribution in [0.4, 0.5) is 13.2 Å². The number of hydrogen-bond donors (Lipinski definition) is 2. The molecule has 2 N–H and O–H groups in total. The molecule has 1 aliphatic rings.